The average molecular weight is 251 g/mol. The molecule has 0 unspecified atom stereocenters. The van der Waals surface area contributed by atoms with Crippen molar-refractivity contribution in [1.29, 1.82) is 0 Å². The lowest BCUT2D eigenvalue weighted by molar-refractivity contribution is 0.197. The van der Waals surface area contributed by atoms with Crippen molar-refractivity contribution in [1.82, 2.24) is 9.55 Å². The highest BCUT2D eigenvalue weighted by molar-refractivity contribution is 5.25. The number of aromatic nitrogens is 2. The monoisotopic (exact) mass is 251 g/mol. The van der Waals surface area contributed by atoms with Crippen LogP contribution in [-0.4, -0.2) is 29.8 Å². The molecule has 0 spiro atoms. The number of nitrogens with one attached hydrogen (secondary N) is 1. The Bertz CT molecular complexity index is 332. The minimum atomic E-state index is 0.802. The van der Waals surface area contributed by atoms with Gasteiger partial charge in [-0.3, -0.25) is 0 Å². The van der Waals surface area contributed by atoms with E-state index in [1.807, 2.05) is 6.20 Å². The summed E-state index contributed by atoms with van der Waals surface area (Å²) >= 11 is 0. The third-order valence-electron chi connectivity index (χ3n) is 3.70. The van der Waals surface area contributed by atoms with Gasteiger partial charge in [-0.1, -0.05) is 19.3 Å². The summed E-state index contributed by atoms with van der Waals surface area (Å²) in [6, 6.07) is 0. The zero-order chi connectivity index (χ0) is 12.6. The van der Waals surface area contributed by atoms with E-state index in [0.29, 0.717) is 0 Å². The zero-order valence-corrected chi connectivity index (χ0v) is 11.4. The average Bonchev–Trinajstić information content (AvgIpc) is 2.83. The van der Waals surface area contributed by atoms with Crippen molar-refractivity contribution in [3.63, 3.8) is 0 Å². The number of imidazole rings is 1. The molecule has 4 heteroatoms. The van der Waals surface area contributed by atoms with Gasteiger partial charge < -0.3 is 14.6 Å². The molecule has 0 bridgehead atoms. The second-order valence-electron chi connectivity index (χ2n) is 5.18. The number of nitrogens with zero attached hydrogens (tertiary/aromatic N) is 2. The highest BCUT2D eigenvalue weighted by atomic mass is 16.5. The molecule has 0 aromatic carbocycles. The van der Waals surface area contributed by atoms with E-state index in [1.165, 1.54) is 32.1 Å². The van der Waals surface area contributed by atoms with Gasteiger partial charge in [0, 0.05) is 39.2 Å². The smallest absolute Gasteiger partial charge is 0.202 e. The Kier molecular flexibility index (Phi) is 5.52. The van der Waals surface area contributed by atoms with Gasteiger partial charge in [0.05, 0.1) is 0 Å². The Labute approximate surface area is 110 Å². The fourth-order valence-electron chi connectivity index (χ4n) is 2.69. The molecule has 1 aliphatic rings. The van der Waals surface area contributed by atoms with E-state index < -0.39 is 0 Å². The van der Waals surface area contributed by atoms with Crippen molar-refractivity contribution < 1.29 is 4.74 Å². The molecule has 102 valence electrons. The standard InChI is InChI=1S/C14H25N3O/c1-18-11-5-8-15-14-16-9-10-17(14)12-13-6-3-2-4-7-13/h9-10,13H,2-8,11-12H2,1H3,(H,15,16). The molecule has 0 radical (unpaired) electrons. The predicted molar refractivity (Wildman–Crippen MR) is 73.8 cm³/mol. The summed E-state index contributed by atoms with van der Waals surface area (Å²) in [5, 5.41) is 3.39. The van der Waals surface area contributed by atoms with Gasteiger partial charge >= 0.3 is 0 Å². The van der Waals surface area contributed by atoms with Gasteiger partial charge in [0.1, 0.15) is 0 Å². The van der Waals surface area contributed by atoms with Crippen LogP contribution in [0.2, 0.25) is 0 Å². The number of rotatable bonds is 7. The Morgan fingerprint density at radius 3 is 3.00 bits per heavy atom. The second kappa shape index (κ2) is 7.41. The molecule has 0 atom stereocenters. The maximum atomic E-state index is 5.05. The Hall–Kier alpha value is -1.03. The van der Waals surface area contributed by atoms with Gasteiger partial charge in [0.2, 0.25) is 5.95 Å². The maximum absolute atomic E-state index is 5.05. The normalized spacial score (nSPS) is 16.9. The third-order valence-corrected chi connectivity index (χ3v) is 3.70. The summed E-state index contributed by atoms with van der Waals surface area (Å²) in [5.41, 5.74) is 0. The van der Waals surface area contributed by atoms with Crippen LogP contribution in [0, 0.1) is 5.92 Å². The van der Waals surface area contributed by atoms with Gasteiger partial charge in [-0.25, -0.2) is 4.98 Å². The van der Waals surface area contributed by atoms with Crippen LogP contribution in [0.25, 0.3) is 0 Å². The van der Waals surface area contributed by atoms with Crippen LogP contribution in [0.3, 0.4) is 0 Å². The zero-order valence-electron chi connectivity index (χ0n) is 11.4. The molecule has 1 aliphatic carbocycles. The summed E-state index contributed by atoms with van der Waals surface area (Å²) in [7, 11) is 1.74. The van der Waals surface area contributed by atoms with E-state index in [9.17, 15) is 0 Å². The Balaban J connectivity index is 1.79. The molecule has 1 N–H and O–H groups in total. The van der Waals surface area contributed by atoms with Crippen LogP contribution in [0.4, 0.5) is 5.95 Å². The molecule has 1 aromatic heterocycles. The molecule has 1 heterocycles. The SMILES string of the molecule is COCCCNc1nccn1CC1CCCCC1. The first-order chi connectivity index (χ1) is 8.90. The molecule has 0 aliphatic heterocycles. The van der Waals surface area contributed by atoms with Crippen molar-refractivity contribution in [3.05, 3.63) is 12.4 Å². The maximum Gasteiger partial charge on any atom is 0.202 e. The number of methoxy groups -OCH3 is 1. The van der Waals surface area contributed by atoms with Crippen LogP contribution < -0.4 is 5.32 Å². The lowest BCUT2D eigenvalue weighted by Crippen LogP contribution is -2.16. The van der Waals surface area contributed by atoms with Crippen molar-refractivity contribution in [3.8, 4) is 0 Å². The number of anilines is 1. The predicted octanol–water partition coefficient (Wildman–Crippen LogP) is 2.91. The van der Waals surface area contributed by atoms with E-state index in [1.54, 1.807) is 7.11 Å². The first-order valence-corrected chi connectivity index (χ1v) is 7.14. The van der Waals surface area contributed by atoms with E-state index >= 15 is 0 Å². The molecule has 1 aromatic rings. The largest absolute Gasteiger partial charge is 0.385 e. The molecule has 1 fully saturated rings. The summed E-state index contributed by atoms with van der Waals surface area (Å²) in [5.74, 6) is 1.85. The second-order valence-corrected chi connectivity index (χ2v) is 5.18. The van der Waals surface area contributed by atoms with Crippen molar-refractivity contribution in [2.45, 2.75) is 45.1 Å². The fourth-order valence-corrected chi connectivity index (χ4v) is 2.69. The van der Waals surface area contributed by atoms with E-state index in [4.69, 9.17) is 4.74 Å². The highest BCUT2D eigenvalue weighted by Crippen LogP contribution is 2.25. The lowest BCUT2D eigenvalue weighted by atomic mass is 9.89. The minimum absolute atomic E-state index is 0.802. The van der Waals surface area contributed by atoms with Crippen molar-refractivity contribution in [2.24, 2.45) is 5.92 Å². The Morgan fingerprint density at radius 1 is 1.39 bits per heavy atom. The third kappa shape index (κ3) is 4.02. The minimum Gasteiger partial charge on any atom is -0.385 e. The van der Waals surface area contributed by atoms with Crippen LogP contribution in [0.15, 0.2) is 12.4 Å². The van der Waals surface area contributed by atoms with Crippen molar-refractivity contribution in [2.75, 3.05) is 25.6 Å². The Morgan fingerprint density at radius 2 is 2.22 bits per heavy atom. The molecular formula is C14H25N3O. The van der Waals surface area contributed by atoms with E-state index in [0.717, 1.165) is 38.0 Å². The number of hydrogen-bond acceptors (Lipinski definition) is 3. The fraction of sp³-hybridized carbons (Fsp3) is 0.786. The topological polar surface area (TPSA) is 39.1 Å². The van der Waals surface area contributed by atoms with Gasteiger partial charge in [-0.2, -0.15) is 0 Å². The summed E-state index contributed by atoms with van der Waals surface area (Å²) < 4.78 is 7.31. The summed E-state index contributed by atoms with van der Waals surface area (Å²) in [4.78, 5) is 4.39. The molecule has 0 saturated heterocycles. The van der Waals surface area contributed by atoms with Crippen LogP contribution in [0.1, 0.15) is 38.5 Å². The van der Waals surface area contributed by atoms with Crippen LogP contribution in [0.5, 0.6) is 0 Å². The van der Waals surface area contributed by atoms with Crippen LogP contribution in [-0.2, 0) is 11.3 Å². The molecule has 2 rings (SSSR count). The number of hydrogen-bond donors (Lipinski definition) is 1. The van der Waals surface area contributed by atoms with Gasteiger partial charge in [-0.15, -0.1) is 0 Å². The van der Waals surface area contributed by atoms with E-state index in [-0.39, 0.29) is 0 Å². The molecule has 1 saturated carbocycles. The van der Waals surface area contributed by atoms with Crippen molar-refractivity contribution >= 4 is 5.95 Å². The van der Waals surface area contributed by atoms with E-state index in [2.05, 4.69) is 21.1 Å². The highest BCUT2D eigenvalue weighted by Gasteiger charge is 2.15. The summed E-state index contributed by atoms with van der Waals surface area (Å²) in [6.45, 7) is 2.85. The van der Waals surface area contributed by atoms with Gasteiger partial charge in [0.25, 0.3) is 0 Å². The first kappa shape index (κ1) is 13.4. The molecular weight excluding hydrogens is 226 g/mol. The number of ether oxygens (including phenoxy) is 1. The van der Waals surface area contributed by atoms with Gasteiger partial charge in [-0.05, 0) is 25.2 Å². The molecule has 4 nitrogen and oxygen atoms in total. The lowest BCUT2D eigenvalue weighted by Gasteiger charge is -2.22. The summed E-state index contributed by atoms with van der Waals surface area (Å²) in [6.07, 6.45) is 12.0. The van der Waals surface area contributed by atoms with Crippen LogP contribution >= 0.6 is 0 Å². The molecule has 18 heavy (non-hydrogen) atoms. The van der Waals surface area contributed by atoms with Gasteiger partial charge in [0.15, 0.2) is 0 Å². The first-order valence-electron chi connectivity index (χ1n) is 7.14. The molecule has 0 amide bonds. The quantitative estimate of drug-likeness (QED) is 0.757.